The Morgan fingerprint density at radius 3 is 2.84 bits per heavy atom. The minimum Gasteiger partial charge on any atom is -0.334 e. The van der Waals surface area contributed by atoms with Crippen LogP contribution in [0.3, 0.4) is 0 Å². The number of carbonyl (C=O) groups excluding carboxylic acids is 1. The van der Waals surface area contributed by atoms with Crippen LogP contribution >= 0.6 is 0 Å². The molecule has 2 aliphatic carbocycles. The molecule has 1 heterocycles. The van der Waals surface area contributed by atoms with E-state index in [2.05, 4.69) is 10.3 Å². The zero-order valence-corrected chi connectivity index (χ0v) is 11.2. The van der Waals surface area contributed by atoms with Crippen LogP contribution in [0.2, 0.25) is 0 Å². The lowest BCUT2D eigenvalue weighted by Crippen LogP contribution is -2.39. The predicted molar refractivity (Wildman–Crippen MR) is 73.4 cm³/mol. The number of aromatic nitrogens is 1. The fourth-order valence-electron chi connectivity index (χ4n) is 2.30. The third kappa shape index (κ3) is 3.77. The number of nitrogens with one attached hydrogen (secondary N) is 1. The summed E-state index contributed by atoms with van der Waals surface area (Å²) in [5.74, 6) is 1.05. The van der Waals surface area contributed by atoms with Gasteiger partial charge in [0.2, 0.25) is 5.91 Å². The summed E-state index contributed by atoms with van der Waals surface area (Å²) in [6.07, 6.45) is 8.56. The fourth-order valence-corrected chi connectivity index (χ4v) is 2.30. The first-order valence-electron chi connectivity index (χ1n) is 7.22. The average Bonchev–Trinajstić information content (AvgIpc) is 3.29. The second-order valence-electron chi connectivity index (χ2n) is 5.69. The molecule has 0 atom stereocenters. The molecule has 3 rings (SSSR count). The van der Waals surface area contributed by atoms with Crippen LogP contribution in [0.5, 0.6) is 0 Å². The van der Waals surface area contributed by atoms with Crippen molar-refractivity contribution in [2.24, 2.45) is 5.92 Å². The largest absolute Gasteiger partial charge is 0.334 e. The number of hydrogen-bond acceptors (Lipinski definition) is 3. The van der Waals surface area contributed by atoms with Gasteiger partial charge in [0.25, 0.3) is 0 Å². The van der Waals surface area contributed by atoms with E-state index >= 15 is 0 Å². The minimum absolute atomic E-state index is 0.229. The number of hydrogen-bond donors (Lipinski definition) is 1. The second-order valence-corrected chi connectivity index (χ2v) is 5.69. The molecule has 4 heteroatoms. The molecule has 0 saturated heterocycles. The number of nitrogens with zero attached hydrogens (tertiary/aromatic N) is 2. The van der Waals surface area contributed by atoms with Gasteiger partial charge in [0, 0.05) is 25.0 Å². The Balaban J connectivity index is 1.52. The predicted octanol–water partition coefficient (Wildman–Crippen LogP) is 1.57. The molecular formula is C15H21N3O. The van der Waals surface area contributed by atoms with E-state index in [1.165, 1.54) is 12.8 Å². The third-order valence-corrected chi connectivity index (χ3v) is 3.79. The lowest BCUT2D eigenvalue weighted by Gasteiger charge is -2.22. The van der Waals surface area contributed by atoms with E-state index in [-0.39, 0.29) is 5.91 Å². The Labute approximate surface area is 114 Å². The summed E-state index contributed by atoms with van der Waals surface area (Å²) < 4.78 is 0. The standard InChI is InChI=1S/C15H21N3O/c19-15(10-17-8-12-3-4-12)18(14-5-6-14)11-13-2-1-7-16-9-13/h1-2,7,9,12,14,17H,3-6,8,10-11H2. The van der Waals surface area contributed by atoms with Crippen LogP contribution in [0.15, 0.2) is 24.5 Å². The molecular weight excluding hydrogens is 238 g/mol. The average molecular weight is 259 g/mol. The van der Waals surface area contributed by atoms with E-state index in [9.17, 15) is 4.79 Å². The molecule has 2 aliphatic rings. The molecule has 0 spiro atoms. The summed E-state index contributed by atoms with van der Waals surface area (Å²) in [7, 11) is 0. The van der Waals surface area contributed by atoms with E-state index in [4.69, 9.17) is 0 Å². The second kappa shape index (κ2) is 5.70. The topological polar surface area (TPSA) is 45.2 Å². The fraction of sp³-hybridized carbons (Fsp3) is 0.600. The molecule has 0 aliphatic heterocycles. The van der Waals surface area contributed by atoms with Crippen LogP contribution < -0.4 is 5.32 Å². The first-order chi connectivity index (χ1) is 9.33. The first-order valence-corrected chi connectivity index (χ1v) is 7.22. The summed E-state index contributed by atoms with van der Waals surface area (Å²) in [4.78, 5) is 18.4. The number of carbonyl (C=O) groups is 1. The van der Waals surface area contributed by atoms with Crippen molar-refractivity contribution >= 4 is 5.91 Å². The van der Waals surface area contributed by atoms with Crippen LogP contribution in [0, 0.1) is 5.92 Å². The van der Waals surface area contributed by atoms with Crippen molar-refractivity contribution in [1.29, 1.82) is 0 Å². The maximum atomic E-state index is 12.3. The minimum atomic E-state index is 0.229. The molecule has 1 aromatic heterocycles. The first kappa shape index (κ1) is 12.6. The van der Waals surface area contributed by atoms with E-state index in [1.807, 2.05) is 23.2 Å². The van der Waals surface area contributed by atoms with Gasteiger partial charge in [-0.1, -0.05) is 6.07 Å². The van der Waals surface area contributed by atoms with Gasteiger partial charge >= 0.3 is 0 Å². The molecule has 102 valence electrons. The van der Waals surface area contributed by atoms with Gasteiger partial charge in [-0.2, -0.15) is 0 Å². The van der Waals surface area contributed by atoms with Crippen molar-refractivity contribution in [1.82, 2.24) is 15.2 Å². The molecule has 1 aromatic rings. The van der Waals surface area contributed by atoms with E-state index < -0.39 is 0 Å². The maximum Gasteiger partial charge on any atom is 0.237 e. The number of amides is 1. The van der Waals surface area contributed by atoms with E-state index in [1.54, 1.807) is 6.20 Å². The van der Waals surface area contributed by atoms with Gasteiger partial charge in [0.15, 0.2) is 0 Å². The molecule has 0 unspecified atom stereocenters. The Morgan fingerprint density at radius 2 is 2.21 bits per heavy atom. The molecule has 1 N–H and O–H groups in total. The van der Waals surface area contributed by atoms with Gasteiger partial charge in [-0.05, 0) is 49.8 Å². The van der Waals surface area contributed by atoms with Crippen LogP contribution in [0.25, 0.3) is 0 Å². The highest BCUT2D eigenvalue weighted by atomic mass is 16.2. The normalized spacial score (nSPS) is 18.3. The van der Waals surface area contributed by atoms with Crippen molar-refractivity contribution in [2.75, 3.05) is 13.1 Å². The SMILES string of the molecule is O=C(CNCC1CC1)N(Cc1cccnc1)C1CC1. The summed E-state index contributed by atoms with van der Waals surface area (Å²) >= 11 is 0. The Hall–Kier alpha value is -1.42. The molecule has 4 nitrogen and oxygen atoms in total. The Bertz CT molecular complexity index is 426. The molecule has 0 bridgehead atoms. The van der Waals surface area contributed by atoms with Crippen molar-refractivity contribution in [3.05, 3.63) is 30.1 Å². The summed E-state index contributed by atoms with van der Waals surface area (Å²) in [6.45, 7) is 2.17. The van der Waals surface area contributed by atoms with E-state index in [0.717, 1.165) is 30.9 Å². The highest BCUT2D eigenvalue weighted by molar-refractivity contribution is 5.79. The monoisotopic (exact) mass is 259 g/mol. The van der Waals surface area contributed by atoms with Crippen molar-refractivity contribution in [3.63, 3.8) is 0 Å². The smallest absolute Gasteiger partial charge is 0.237 e. The van der Waals surface area contributed by atoms with Crippen LogP contribution in [-0.2, 0) is 11.3 Å². The van der Waals surface area contributed by atoms with Gasteiger partial charge in [0.1, 0.15) is 0 Å². The Kier molecular flexibility index (Phi) is 3.78. The van der Waals surface area contributed by atoms with Crippen LogP contribution in [0.4, 0.5) is 0 Å². The number of rotatable bonds is 7. The Morgan fingerprint density at radius 1 is 1.37 bits per heavy atom. The highest BCUT2D eigenvalue weighted by Crippen LogP contribution is 2.29. The van der Waals surface area contributed by atoms with Gasteiger partial charge in [-0.3, -0.25) is 9.78 Å². The van der Waals surface area contributed by atoms with Crippen molar-refractivity contribution in [3.8, 4) is 0 Å². The molecule has 0 radical (unpaired) electrons. The van der Waals surface area contributed by atoms with Gasteiger partial charge < -0.3 is 10.2 Å². The van der Waals surface area contributed by atoms with Gasteiger partial charge in [0.05, 0.1) is 6.54 Å². The third-order valence-electron chi connectivity index (χ3n) is 3.79. The quantitative estimate of drug-likeness (QED) is 0.808. The van der Waals surface area contributed by atoms with Gasteiger partial charge in [-0.15, -0.1) is 0 Å². The lowest BCUT2D eigenvalue weighted by atomic mass is 10.2. The zero-order chi connectivity index (χ0) is 13.1. The molecule has 1 amide bonds. The van der Waals surface area contributed by atoms with Crippen LogP contribution in [-0.4, -0.2) is 34.9 Å². The number of pyridine rings is 1. The molecule has 2 fully saturated rings. The summed E-state index contributed by atoms with van der Waals surface area (Å²) in [5, 5.41) is 3.29. The van der Waals surface area contributed by atoms with Crippen molar-refractivity contribution < 1.29 is 4.79 Å². The maximum absolute atomic E-state index is 12.3. The lowest BCUT2D eigenvalue weighted by molar-refractivity contribution is -0.131. The molecule has 0 aromatic carbocycles. The highest BCUT2D eigenvalue weighted by Gasteiger charge is 2.32. The van der Waals surface area contributed by atoms with E-state index in [0.29, 0.717) is 19.1 Å². The molecule has 19 heavy (non-hydrogen) atoms. The molecule has 2 saturated carbocycles. The summed E-state index contributed by atoms with van der Waals surface area (Å²) in [5.41, 5.74) is 1.12. The van der Waals surface area contributed by atoms with Crippen LogP contribution in [0.1, 0.15) is 31.2 Å². The zero-order valence-electron chi connectivity index (χ0n) is 11.2. The summed E-state index contributed by atoms with van der Waals surface area (Å²) in [6, 6.07) is 4.42. The van der Waals surface area contributed by atoms with Gasteiger partial charge in [-0.25, -0.2) is 0 Å². The van der Waals surface area contributed by atoms with Crippen molar-refractivity contribution in [2.45, 2.75) is 38.3 Å².